The van der Waals surface area contributed by atoms with E-state index in [1.165, 1.54) is 0 Å². The van der Waals surface area contributed by atoms with E-state index in [0.29, 0.717) is 12.4 Å². The Labute approximate surface area is 116 Å². The smallest absolute Gasteiger partial charge is 0.240 e. The first-order chi connectivity index (χ1) is 9.28. The van der Waals surface area contributed by atoms with Gasteiger partial charge in [0.25, 0.3) is 0 Å². The van der Waals surface area contributed by atoms with Crippen molar-refractivity contribution < 1.29 is 4.74 Å². The summed E-state index contributed by atoms with van der Waals surface area (Å²) < 4.78 is 7.25. The highest BCUT2D eigenvalue weighted by Crippen LogP contribution is 2.25. The summed E-state index contributed by atoms with van der Waals surface area (Å²) in [6, 6.07) is 15.8. The van der Waals surface area contributed by atoms with E-state index in [2.05, 4.69) is 5.10 Å². The predicted octanol–water partition coefficient (Wildman–Crippen LogP) is 3.75. The summed E-state index contributed by atoms with van der Waals surface area (Å²) in [6.45, 7) is 0.695. The summed E-state index contributed by atoms with van der Waals surface area (Å²) in [5, 5.41) is 6.26. The van der Waals surface area contributed by atoms with Crippen molar-refractivity contribution in [2.75, 3.05) is 7.11 Å². The quantitative estimate of drug-likeness (QED) is 0.726. The maximum Gasteiger partial charge on any atom is 0.240 e. The van der Waals surface area contributed by atoms with Crippen molar-refractivity contribution in [1.29, 1.82) is 0 Å². The van der Waals surface area contributed by atoms with E-state index in [4.69, 9.17) is 16.3 Å². The average Bonchev–Trinajstić information content (AvgIpc) is 2.80. The van der Waals surface area contributed by atoms with Crippen LogP contribution in [0.4, 0.5) is 0 Å². The van der Waals surface area contributed by atoms with E-state index in [1.54, 1.807) is 7.11 Å². The Kier molecular flexibility index (Phi) is 3.13. The van der Waals surface area contributed by atoms with Gasteiger partial charge < -0.3 is 4.74 Å². The first-order valence-electron chi connectivity index (χ1n) is 6.02. The van der Waals surface area contributed by atoms with Crippen molar-refractivity contribution in [3.63, 3.8) is 0 Å². The number of aromatic nitrogens is 2. The van der Waals surface area contributed by atoms with E-state index >= 15 is 0 Å². The lowest BCUT2D eigenvalue weighted by atomic mass is 10.2. The second-order valence-corrected chi connectivity index (χ2v) is 4.75. The second kappa shape index (κ2) is 4.94. The Morgan fingerprint density at radius 3 is 2.58 bits per heavy atom. The first-order valence-corrected chi connectivity index (χ1v) is 6.40. The van der Waals surface area contributed by atoms with Crippen LogP contribution in [-0.4, -0.2) is 16.9 Å². The lowest BCUT2D eigenvalue weighted by Gasteiger charge is -2.03. The van der Waals surface area contributed by atoms with Crippen molar-refractivity contribution in [1.82, 2.24) is 9.78 Å². The minimum absolute atomic E-state index is 0.657. The first kappa shape index (κ1) is 12.1. The topological polar surface area (TPSA) is 27.1 Å². The van der Waals surface area contributed by atoms with Crippen molar-refractivity contribution in [3.05, 3.63) is 59.1 Å². The van der Waals surface area contributed by atoms with E-state index in [9.17, 15) is 0 Å². The van der Waals surface area contributed by atoms with Crippen LogP contribution in [0, 0.1) is 0 Å². The molecule has 0 unspecified atom stereocenters. The predicted molar refractivity (Wildman–Crippen MR) is 76.8 cm³/mol. The van der Waals surface area contributed by atoms with E-state index < -0.39 is 0 Å². The fraction of sp³-hybridized carbons (Fsp3) is 0.133. The normalized spacial score (nSPS) is 10.8. The Morgan fingerprint density at radius 2 is 1.84 bits per heavy atom. The monoisotopic (exact) mass is 272 g/mol. The van der Waals surface area contributed by atoms with Gasteiger partial charge in [-0.3, -0.25) is 4.68 Å². The van der Waals surface area contributed by atoms with Crippen LogP contribution in [0.5, 0.6) is 5.88 Å². The number of ether oxygens (including phenoxy) is 1. The fourth-order valence-corrected chi connectivity index (χ4v) is 2.26. The van der Waals surface area contributed by atoms with Gasteiger partial charge >= 0.3 is 0 Å². The molecule has 1 aromatic heterocycles. The van der Waals surface area contributed by atoms with Crippen molar-refractivity contribution in [2.24, 2.45) is 0 Å². The number of hydrogen-bond donors (Lipinski definition) is 0. The number of methoxy groups -OCH3 is 1. The molecule has 0 spiro atoms. The molecule has 0 saturated carbocycles. The van der Waals surface area contributed by atoms with Gasteiger partial charge in [0.2, 0.25) is 5.88 Å². The molecule has 2 aromatic carbocycles. The zero-order valence-corrected chi connectivity index (χ0v) is 11.3. The highest BCUT2D eigenvalue weighted by molar-refractivity contribution is 6.30. The SMILES string of the molecule is COc1nn(Cc2ccc(Cl)cc2)c2ccccc12. The van der Waals surface area contributed by atoms with Crippen molar-refractivity contribution in [2.45, 2.75) is 6.54 Å². The van der Waals surface area contributed by atoms with Gasteiger partial charge in [0.15, 0.2) is 0 Å². The highest BCUT2D eigenvalue weighted by atomic mass is 35.5. The minimum Gasteiger partial charge on any atom is -0.479 e. The molecule has 1 heterocycles. The number of fused-ring (bicyclic) bond motifs is 1. The van der Waals surface area contributed by atoms with Crippen LogP contribution in [0.1, 0.15) is 5.56 Å². The minimum atomic E-state index is 0.657. The number of rotatable bonds is 3. The van der Waals surface area contributed by atoms with Gasteiger partial charge in [0.05, 0.1) is 24.6 Å². The lowest BCUT2D eigenvalue weighted by molar-refractivity contribution is 0.394. The van der Waals surface area contributed by atoms with Gasteiger partial charge in [-0.05, 0) is 29.8 Å². The van der Waals surface area contributed by atoms with E-state index in [-0.39, 0.29) is 0 Å². The molecular weight excluding hydrogens is 260 g/mol. The molecular formula is C15H13ClN2O. The van der Waals surface area contributed by atoms with E-state index in [0.717, 1.165) is 21.5 Å². The lowest BCUT2D eigenvalue weighted by Crippen LogP contribution is -2.01. The van der Waals surface area contributed by atoms with Crippen LogP contribution in [-0.2, 0) is 6.54 Å². The standard InChI is InChI=1S/C15H13ClN2O/c1-19-15-13-4-2-3-5-14(13)18(17-15)10-11-6-8-12(16)9-7-11/h2-9H,10H2,1H3. The van der Waals surface area contributed by atoms with Gasteiger partial charge in [-0.1, -0.05) is 35.9 Å². The maximum absolute atomic E-state index is 5.89. The van der Waals surface area contributed by atoms with Gasteiger partial charge in [-0.25, -0.2) is 0 Å². The Balaban J connectivity index is 2.03. The zero-order valence-electron chi connectivity index (χ0n) is 10.5. The summed E-state index contributed by atoms with van der Waals surface area (Å²) in [5.74, 6) is 0.657. The molecule has 0 bridgehead atoms. The van der Waals surface area contributed by atoms with Gasteiger partial charge in [-0.15, -0.1) is 5.10 Å². The molecule has 3 rings (SSSR count). The Bertz CT molecular complexity index is 704. The molecule has 0 radical (unpaired) electrons. The summed E-state index contributed by atoms with van der Waals surface area (Å²) in [4.78, 5) is 0. The third-order valence-electron chi connectivity index (χ3n) is 3.06. The summed E-state index contributed by atoms with van der Waals surface area (Å²) in [6.07, 6.45) is 0. The summed E-state index contributed by atoms with van der Waals surface area (Å²) in [7, 11) is 1.64. The van der Waals surface area contributed by atoms with Crippen LogP contribution >= 0.6 is 11.6 Å². The molecule has 0 fully saturated rings. The Hall–Kier alpha value is -2.00. The molecule has 96 valence electrons. The maximum atomic E-state index is 5.89. The molecule has 0 aliphatic carbocycles. The molecule has 3 nitrogen and oxygen atoms in total. The van der Waals surface area contributed by atoms with Crippen LogP contribution in [0.2, 0.25) is 5.02 Å². The average molecular weight is 273 g/mol. The number of para-hydroxylation sites is 1. The number of nitrogens with zero attached hydrogens (tertiary/aromatic N) is 2. The molecule has 0 aliphatic heterocycles. The van der Waals surface area contributed by atoms with Gasteiger partial charge in [0, 0.05) is 5.02 Å². The highest BCUT2D eigenvalue weighted by Gasteiger charge is 2.10. The molecule has 3 aromatic rings. The summed E-state index contributed by atoms with van der Waals surface area (Å²) >= 11 is 5.89. The molecule has 4 heteroatoms. The second-order valence-electron chi connectivity index (χ2n) is 4.31. The van der Waals surface area contributed by atoms with E-state index in [1.807, 2.05) is 53.2 Å². The Morgan fingerprint density at radius 1 is 1.11 bits per heavy atom. The molecule has 0 amide bonds. The van der Waals surface area contributed by atoms with Crippen LogP contribution < -0.4 is 4.74 Å². The van der Waals surface area contributed by atoms with Crippen molar-refractivity contribution >= 4 is 22.5 Å². The molecule has 0 saturated heterocycles. The third-order valence-corrected chi connectivity index (χ3v) is 3.31. The number of halogens is 1. The zero-order chi connectivity index (χ0) is 13.2. The van der Waals surface area contributed by atoms with Gasteiger partial charge in [-0.2, -0.15) is 0 Å². The summed E-state index contributed by atoms with van der Waals surface area (Å²) in [5.41, 5.74) is 2.22. The molecule has 0 atom stereocenters. The van der Waals surface area contributed by atoms with Crippen LogP contribution in [0.25, 0.3) is 10.9 Å². The number of benzene rings is 2. The molecule has 0 N–H and O–H groups in total. The van der Waals surface area contributed by atoms with Gasteiger partial charge in [0.1, 0.15) is 0 Å². The van der Waals surface area contributed by atoms with Crippen LogP contribution in [0.15, 0.2) is 48.5 Å². The molecule has 19 heavy (non-hydrogen) atoms. The number of hydrogen-bond acceptors (Lipinski definition) is 2. The third kappa shape index (κ3) is 2.29. The van der Waals surface area contributed by atoms with Crippen LogP contribution in [0.3, 0.4) is 0 Å². The largest absolute Gasteiger partial charge is 0.479 e. The van der Waals surface area contributed by atoms with Crippen molar-refractivity contribution in [3.8, 4) is 5.88 Å². The molecule has 0 aliphatic rings. The fourth-order valence-electron chi connectivity index (χ4n) is 2.13.